The van der Waals surface area contributed by atoms with Crippen molar-refractivity contribution in [1.82, 2.24) is 9.55 Å². The molecule has 90 valence electrons. The predicted molar refractivity (Wildman–Crippen MR) is 73.2 cm³/mol. The maximum Gasteiger partial charge on any atom is 0.182 e. The van der Waals surface area contributed by atoms with Crippen LogP contribution >= 0.6 is 12.2 Å². The van der Waals surface area contributed by atoms with E-state index in [9.17, 15) is 4.39 Å². The van der Waals surface area contributed by atoms with Crippen molar-refractivity contribution in [2.45, 2.75) is 6.92 Å². The quantitative estimate of drug-likeness (QED) is 0.651. The molecule has 0 aliphatic heterocycles. The normalized spacial score (nSPS) is 11.0. The fraction of sp³-hybridized carbons (Fsp3) is 0.0714. The molecule has 1 aromatic heterocycles. The fourth-order valence-corrected chi connectivity index (χ4v) is 2.35. The number of aromatic nitrogens is 2. The summed E-state index contributed by atoms with van der Waals surface area (Å²) in [5, 5.41) is 0. The molecule has 3 rings (SSSR count). The number of hydrogen-bond acceptors (Lipinski definition) is 1. The zero-order valence-corrected chi connectivity index (χ0v) is 10.6. The highest BCUT2D eigenvalue weighted by atomic mass is 32.1. The zero-order chi connectivity index (χ0) is 12.7. The van der Waals surface area contributed by atoms with Crippen molar-refractivity contribution in [2.75, 3.05) is 0 Å². The molecule has 18 heavy (non-hydrogen) atoms. The average molecular weight is 258 g/mol. The molecular weight excluding hydrogens is 247 g/mol. The Morgan fingerprint density at radius 2 is 1.83 bits per heavy atom. The number of nitrogens with zero attached hydrogens (tertiary/aromatic N) is 1. The van der Waals surface area contributed by atoms with E-state index >= 15 is 0 Å². The summed E-state index contributed by atoms with van der Waals surface area (Å²) >= 11 is 5.27. The Morgan fingerprint density at radius 1 is 1.11 bits per heavy atom. The first-order chi connectivity index (χ1) is 8.66. The second kappa shape index (κ2) is 4.07. The summed E-state index contributed by atoms with van der Waals surface area (Å²) < 4.78 is 16.0. The fourth-order valence-electron chi connectivity index (χ4n) is 2.05. The number of H-pyrrole nitrogens is 1. The highest BCUT2D eigenvalue weighted by Gasteiger charge is 2.09. The lowest BCUT2D eigenvalue weighted by Crippen LogP contribution is -1.93. The number of rotatable bonds is 1. The Labute approximate surface area is 109 Å². The van der Waals surface area contributed by atoms with Gasteiger partial charge in [0.25, 0.3) is 0 Å². The smallest absolute Gasteiger partial charge is 0.182 e. The number of aryl methyl sites for hydroxylation is 1. The van der Waals surface area contributed by atoms with Crippen LogP contribution in [0.3, 0.4) is 0 Å². The molecule has 0 spiro atoms. The van der Waals surface area contributed by atoms with E-state index in [0.29, 0.717) is 10.3 Å². The van der Waals surface area contributed by atoms with Gasteiger partial charge in [0.15, 0.2) is 4.77 Å². The van der Waals surface area contributed by atoms with E-state index in [1.165, 1.54) is 11.6 Å². The number of imidazole rings is 1. The molecule has 0 fully saturated rings. The minimum absolute atomic E-state index is 0.288. The lowest BCUT2D eigenvalue weighted by molar-refractivity contribution is 0.637. The number of aromatic amines is 1. The molecule has 2 nitrogen and oxygen atoms in total. The predicted octanol–water partition coefficient (Wildman–Crippen LogP) is 4.14. The van der Waals surface area contributed by atoms with Crippen molar-refractivity contribution in [3.63, 3.8) is 0 Å². The third-order valence-electron chi connectivity index (χ3n) is 2.96. The molecule has 3 aromatic rings. The standard InChI is InChI=1S/C14H11FN2S/c1-9-5-7-10(8-6-9)17-12-4-2-3-11(15)13(12)16-14(17)18/h2-8H,1H3,(H,16,18). The molecule has 0 aliphatic rings. The number of halogens is 1. The summed E-state index contributed by atoms with van der Waals surface area (Å²) in [6.07, 6.45) is 0. The van der Waals surface area contributed by atoms with Gasteiger partial charge in [-0.1, -0.05) is 23.8 Å². The molecule has 0 unspecified atom stereocenters. The van der Waals surface area contributed by atoms with Crippen LogP contribution in [-0.2, 0) is 0 Å². The maximum absolute atomic E-state index is 13.7. The summed E-state index contributed by atoms with van der Waals surface area (Å²) in [5.74, 6) is -0.288. The number of benzene rings is 2. The van der Waals surface area contributed by atoms with Crippen molar-refractivity contribution in [2.24, 2.45) is 0 Å². The second-order valence-electron chi connectivity index (χ2n) is 4.24. The van der Waals surface area contributed by atoms with E-state index in [-0.39, 0.29) is 5.82 Å². The third kappa shape index (κ3) is 1.66. The summed E-state index contributed by atoms with van der Waals surface area (Å²) in [7, 11) is 0. The molecular formula is C14H11FN2S. The topological polar surface area (TPSA) is 20.7 Å². The van der Waals surface area contributed by atoms with E-state index in [1.807, 2.05) is 41.8 Å². The second-order valence-corrected chi connectivity index (χ2v) is 4.62. The molecule has 1 heterocycles. The number of nitrogens with one attached hydrogen (secondary N) is 1. The van der Waals surface area contributed by atoms with Gasteiger partial charge in [0.2, 0.25) is 0 Å². The van der Waals surface area contributed by atoms with Gasteiger partial charge in [-0.3, -0.25) is 4.57 Å². The van der Waals surface area contributed by atoms with Gasteiger partial charge < -0.3 is 4.98 Å². The number of hydrogen-bond donors (Lipinski definition) is 1. The SMILES string of the molecule is Cc1ccc(-n2c(=S)[nH]c3c(F)cccc32)cc1. The molecule has 0 saturated heterocycles. The molecule has 4 heteroatoms. The van der Waals surface area contributed by atoms with E-state index in [1.54, 1.807) is 6.07 Å². The Morgan fingerprint density at radius 3 is 2.56 bits per heavy atom. The van der Waals surface area contributed by atoms with Crippen LogP contribution < -0.4 is 0 Å². The molecule has 1 N–H and O–H groups in total. The van der Waals surface area contributed by atoms with Crippen LogP contribution in [0.4, 0.5) is 4.39 Å². The van der Waals surface area contributed by atoms with Gasteiger partial charge in [0, 0.05) is 5.69 Å². The van der Waals surface area contributed by atoms with Crippen LogP contribution in [0.2, 0.25) is 0 Å². The highest BCUT2D eigenvalue weighted by molar-refractivity contribution is 7.71. The molecule has 0 amide bonds. The summed E-state index contributed by atoms with van der Waals surface area (Å²) in [4.78, 5) is 2.91. The highest BCUT2D eigenvalue weighted by Crippen LogP contribution is 2.21. The molecule has 0 saturated carbocycles. The largest absolute Gasteiger partial charge is 0.328 e. The zero-order valence-electron chi connectivity index (χ0n) is 9.77. The van der Waals surface area contributed by atoms with E-state index in [4.69, 9.17) is 12.2 Å². The van der Waals surface area contributed by atoms with Crippen LogP contribution in [0.25, 0.3) is 16.7 Å². The van der Waals surface area contributed by atoms with Crippen LogP contribution in [0.1, 0.15) is 5.56 Å². The van der Waals surface area contributed by atoms with Crippen molar-refractivity contribution in [3.05, 3.63) is 58.6 Å². The Bertz CT molecular complexity index is 769. The van der Waals surface area contributed by atoms with Gasteiger partial charge in [-0.2, -0.15) is 0 Å². The number of fused-ring (bicyclic) bond motifs is 1. The van der Waals surface area contributed by atoms with Gasteiger partial charge in [0.1, 0.15) is 11.3 Å². The summed E-state index contributed by atoms with van der Waals surface area (Å²) in [6.45, 7) is 2.03. The van der Waals surface area contributed by atoms with Crippen LogP contribution in [0.15, 0.2) is 42.5 Å². The van der Waals surface area contributed by atoms with E-state index < -0.39 is 0 Å². The van der Waals surface area contributed by atoms with Crippen molar-refractivity contribution in [3.8, 4) is 5.69 Å². The van der Waals surface area contributed by atoms with E-state index in [0.717, 1.165) is 11.2 Å². The van der Waals surface area contributed by atoms with E-state index in [2.05, 4.69) is 4.98 Å². The Kier molecular flexibility index (Phi) is 2.52. The van der Waals surface area contributed by atoms with Gasteiger partial charge >= 0.3 is 0 Å². The summed E-state index contributed by atoms with van der Waals surface area (Å²) in [6, 6.07) is 12.9. The lowest BCUT2D eigenvalue weighted by atomic mass is 10.2. The molecule has 0 aliphatic carbocycles. The van der Waals surface area contributed by atoms with Crippen LogP contribution in [-0.4, -0.2) is 9.55 Å². The first-order valence-electron chi connectivity index (χ1n) is 5.63. The monoisotopic (exact) mass is 258 g/mol. The minimum Gasteiger partial charge on any atom is -0.328 e. The van der Waals surface area contributed by atoms with Crippen molar-refractivity contribution in [1.29, 1.82) is 0 Å². The molecule has 0 radical (unpaired) electrons. The van der Waals surface area contributed by atoms with Crippen molar-refractivity contribution >= 4 is 23.3 Å². The lowest BCUT2D eigenvalue weighted by Gasteiger charge is -2.04. The number of para-hydroxylation sites is 1. The van der Waals surface area contributed by atoms with Crippen LogP contribution in [0, 0.1) is 17.5 Å². The maximum atomic E-state index is 13.7. The summed E-state index contributed by atoms with van der Waals surface area (Å²) in [5.41, 5.74) is 3.31. The van der Waals surface area contributed by atoms with Crippen molar-refractivity contribution < 1.29 is 4.39 Å². The molecule has 0 bridgehead atoms. The van der Waals surface area contributed by atoms with Crippen LogP contribution in [0.5, 0.6) is 0 Å². The molecule has 2 aromatic carbocycles. The van der Waals surface area contributed by atoms with Gasteiger partial charge in [0.05, 0.1) is 5.52 Å². The average Bonchev–Trinajstić information content (AvgIpc) is 2.69. The minimum atomic E-state index is -0.288. The Balaban J connectivity index is 2.35. The third-order valence-corrected chi connectivity index (χ3v) is 3.24. The first-order valence-corrected chi connectivity index (χ1v) is 6.04. The Hall–Kier alpha value is -1.94. The molecule has 0 atom stereocenters. The van der Waals surface area contributed by atoms with Gasteiger partial charge in [-0.25, -0.2) is 4.39 Å². The van der Waals surface area contributed by atoms with Gasteiger partial charge in [-0.15, -0.1) is 0 Å². The van der Waals surface area contributed by atoms with Gasteiger partial charge in [-0.05, 0) is 43.4 Å². The first kappa shape index (κ1) is 11.2.